The van der Waals surface area contributed by atoms with Gasteiger partial charge in [-0.2, -0.15) is 5.26 Å². The first kappa shape index (κ1) is 9.55. The van der Waals surface area contributed by atoms with E-state index in [0.29, 0.717) is 0 Å². The van der Waals surface area contributed by atoms with Gasteiger partial charge in [-0.1, -0.05) is 0 Å². The fraction of sp³-hybridized carbons (Fsp3) is 0. The quantitative estimate of drug-likeness (QED) is 0.691. The van der Waals surface area contributed by atoms with Gasteiger partial charge in [0.2, 0.25) is 0 Å². The van der Waals surface area contributed by atoms with Crippen molar-refractivity contribution < 1.29 is 8.78 Å². The maximum absolute atomic E-state index is 12.9. The highest BCUT2D eigenvalue weighted by Crippen LogP contribution is 2.24. The molecule has 0 fully saturated rings. The summed E-state index contributed by atoms with van der Waals surface area (Å²) in [5.41, 5.74) is -0.649. The summed E-state index contributed by atoms with van der Waals surface area (Å²) < 4.78 is 25.3. The topological polar surface area (TPSA) is 36.7 Å². The highest BCUT2D eigenvalue weighted by Gasteiger charge is 2.16. The number of hydrogen-bond donors (Lipinski definition) is 0. The van der Waals surface area contributed by atoms with Gasteiger partial charge >= 0.3 is 0 Å². The van der Waals surface area contributed by atoms with Crippen LogP contribution in [0, 0.1) is 23.0 Å². The van der Waals surface area contributed by atoms with E-state index in [0.717, 1.165) is 0 Å². The molecule has 0 N–H and O–H groups in total. The molecule has 0 unspecified atom stereocenters. The zero-order valence-corrected chi connectivity index (χ0v) is 8.58. The molecule has 1 rings (SSSR count). The van der Waals surface area contributed by atoms with Gasteiger partial charge in [-0.05, 0) is 31.9 Å². The second kappa shape index (κ2) is 3.46. The van der Waals surface area contributed by atoms with Crippen molar-refractivity contribution in [2.24, 2.45) is 0 Å². The Morgan fingerprint density at radius 2 is 1.58 bits per heavy atom. The fourth-order valence-corrected chi connectivity index (χ4v) is 1.57. The molecule has 0 radical (unpaired) electrons. The Morgan fingerprint density at radius 1 is 1.17 bits per heavy atom. The molecular weight excluding hydrogens is 298 g/mol. The lowest BCUT2D eigenvalue weighted by atomic mass is 10.3. The average Bonchev–Trinajstić information content (AvgIpc) is 2.02. The lowest BCUT2D eigenvalue weighted by Gasteiger charge is -1.99. The molecule has 0 aliphatic rings. The Labute approximate surface area is 83.5 Å². The summed E-state index contributed by atoms with van der Waals surface area (Å²) in [7, 11) is 0. The predicted molar refractivity (Wildman–Crippen MR) is 44.3 cm³/mol. The van der Waals surface area contributed by atoms with E-state index in [2.05, 4.69) is 36.8 Å². The number of nitrogens with zero attached hydrogens (tertiary/aromatic N) is 2. The highest BCUT2D eigenvalue weighted by molar-refractivity contribution is 9.11. The van der Waals surface area contributed by atoms with Gasteiger partial charge in [-0.25, -0.2) is 13.8 Å². The summed E-state index contributed by atoms with van der Waals surface area (Å²) in [5, 5.41) is 8.35. The first-order chi connectivity index (χ1) is 5.57. The van der Waals surface area contributed by atoms with Crippen molar-refractivity contribution in [3.8, 4) is 6.07 Å². The SMILES string of the molecule is N#Cc1c(F)c(Br)nc(Br)c1F. The van der Waals surface area contributed by atoms with E-state index in [1.807, 2.05) is 0 Å². The molecule has 2 nitrogen and oxygen atoms in total. The van der Waals surface area contributed by atoms with Crippen LogP contribution in [0.1, 0.15) is 5.56 Å². The van der Waals surface area contributed by atoms with E-state index < -0.39 is 17.2 Å². The van der Waals surface area contributed by atoms with Crippen molar-refractivity contribution in [3.63, 3.8) is 0 Å². The minimum atomic E-state index is -0.988. The van der Waals surface area contributed by atoms with Gasteiger partial charge < -0.3 is 0 Å². The van der Waals surface area contributed by atoms with Crippen LogP contribution < -0.4 is 0 Å². The van der Waals surface area contributed by atoms with Gasteiger partial charge in [0.25, 0.3) is 0 Å². The molecule has 0 saturated carbocycles. The number of hydrogen-bond acceptors (Lipinski definition) is 2. The molecule has 0 spiro atoms. The van der Waals surface area contributed by atoms with Crippen LogP contribution in [0.3, 0.4) is 0 Å². The smallest absolute Gasteiger partial charge is 0.176 e. The lowest BCUT2D eigenvalue weighted by molar-refractivity contribution is 0.555. The Morgan fingerprint density at radius 3 is 1.92 bits per heavy atom. The van der Waals surface area contributed by atoms with Crippen molar-refractivity contribution in [1.82, 2.24) is 4.98 Å². The number of pyridine rings is 1. The van der Waals surface area contributed by atoms with Crippen LogP contribution in [0.25, 0.3) is 0 Å². The Kier molecular flexibility index (Phi) is 2.75. The average molecular weight is 298 g/mol. The van der Waals surface area contributed by atoms with Gasteiger partial charge in [-0.15, -0.1) is 0 Å². The van der Waals surface area contributed by atoms with Crippen LogP contribution in [0.4, 0.5) is 8.78 Å². The Balaban J connectivity index is 3.56. The first-order valence-corrected chi connectivity index (χ1v) is 4.26. The molecule has 0 aromatic carbocycles. The largest absolute Gasteiger partial charge is 0.228 e. The van der Waals surface area contributed by atoms with Crippen molar-refractivity contribution >= 4 is 31.9 Å². The molecule has 62 valence electrons. The second-order valence-electron chi connectivity index (χ2n) is 1.81. The van der Waals surface area contributed by atoms with Crippen molar-refractivity contribution in [1.29, 1.82) is 5.26 Å². The fourth-order valence-electron chi connectivity index (χ4n) is 0.585. The molecule has 0 aliphatic carbocycles. The third kappa shape index (κ3) is 1.47. The number of aromatic nitrogens is 1. The molecule has 0 saturated heterocycles. The molecule has 6 heteroatoms. The lowest BCUT2D eigenvalue weighted by Crippen LogP contribution is -1.96. The molecule has 12 heavy (non-hydrogen) atoms. The number of nitriles is 1. The van der Waals surface area contributed by atoms with Gasteiger partial charge in [0.05, 0.1) is 0 Å². The van der Waals surface area contributed by atoms with E-state index in [9.17, 15) is 8.78 Å². The van der Waals surface area contributed by atoms with E-state index in [-0.39, 0.29) is 9.21 Å². The molecule has 1 aromatic heterocycles. The van der Waals surface area contributed by atoms with Gasteiger partial charge in [0.1, 0.15) is 20.8 Å². The third-order valence-electron chi connectivity index (χ3n) is 1.11. The van der Waals surface area contributed by atoms with Crippen molar-refractivity contribution in [3.05, 3.63) is 26.4 Å². The first-order valence-electron chi connectivity index (χ1n) is 2.68. The van der Waals surface area contributed by atoms with Crippen LogP contribution in [0.5, 0.6) is 0 Å². The maximum Gasteiger partial charge on any atom is 0.176 e. The van der Waals surface area contributed by atoms with Crippen LogP contribution in [0.2, 0.25) is 0 Å². The van der Waals surface area contributed by atoms with Crippen LogP contribution in [-0.2, 0) is 0 Å². The minimum Gasteiger partial charge on any atom is -0.228 e. The predicted octanol–water partition coefficient (Wildman–Crippen LogP) is 2.76. The summed E-state index contributed by atoms with van der Waals surface area (Å²) in [4.78, 5) is 3.41. The van der Waals surface area contributed by atoms with Crippen molar-refractivity contribution in [2.45, 2.75) is 0 Å². The molecule has 1 heterocycles. The van der Waals surface area contributed by atoms with Gasteiger partial charge in [0.15, 0.2) is 11.6 Å². The van der Waals surface area contributed by atoms with E-state index in [1.165, 1.54) is 6.07 Å². The molecule has 0 amide bonds. The van der Waals surface area contributed by atoms with Gasteiger partial charge in [0, 0.05) is 0 Å². The number of rotatable bonds is 0. The van der Waals surface area contributed by atoms with Crippen LogP contribution in [-0.4, -0.2) is 4.98 Å². The van der Waals surface area contributed by atoms with E-state index in [1.54, 1.807) is 0 Å². The molecule has 0 atom stereocenters. The minimum absolute atomic E-state index is 0.188. The normalized spacial score (nSPS) is 9.58. The molecular formula is C6Br2F2N2. The second-order valence-corrected chi connectivity index (χ2v) is 3.31. The van der Waals surface area contributed by atoms with Crippen molar-refractivity contribution in [2.75, 3.05) is 0 Å². The Hall–Kier alpha value is -0.540. The monoisotopic (exact) mass is 296 g/mol. The third-order valence-corrected chi connectivity index (χ3v) is 2.16. The molecule has 0 aliphatic heterocycles. The molecule has 0 bridgehead atoms. The summed E-state index contributed by atoms with van der Waals surface area (Å²) >= 11 is 5.48. The standard InChI is InChI=1S/C6Br2F2N2/c7-5-3(9)2(1-11)4(10)6(8)12-5. The summed E-state index contributed by atoms with van der Waals surface area (Å²) in [6, 6.07) is 1.40. The zero-order chi connectivity index (χ0) is 9.30. The zero-order valence-electron chi connectivity index (χ0n) is 5.41. The Bertz CT molecular complexity index is 347. The highest BCUT2D eigenvalue weighted by atomic mass is 79.9. The van der Waals surface area contributed by atoms with Crippen LogP contribution >= 0.6 is 31.9 Å². The molecule has 1 aromatic rings. The summed E-state index contributed by atoms with van der Waals surface area (Å²) in [6.45, 7) is 0. The maximum atomic E-state index is 12.9. The van der Waals surface area contributed by atoms with Gasteiger partial charge in [-0.3, -0.25) is 0 Å². The van der Waals surface area contributed by atoms with Crippen LogP contribution in [0.15, 0.2) is 9.21 Å². The van der Waals surface area contributed by atoms with E-state index in [4.69, 9.17) is 5.26 Å². The number of halogens is 4. The summed E-state index contributed by atoms with van der Waals surface area (Å²) in [5.74, 6) is -1.98. The summed E-state index contributed by atoms with van der Waals surface area (Å²) in [6.07, 6.45) is 0. The van der Waals surface area contributed by atoms with E-state index >= 15 is 0 Å².